The minimum absolute atomic E-state index is 0.0722. The molecule has 0 spiro atoms. The van der Waals surface area contributed by atoms with Gasteiger partial charge in [0.15, 0.2) is 0 Å². The highest BCUT2D eigenvalue weighted by molar-refractivity contribution is 5.66. The monoisotopic (exact) mass is 260 g/mol. The van der Waals surface area contributed by atoms with Crippen molar-refractivity contribution in [1.82, 2.24) is 15.0 Å². The standard InChI is InChI=1S/C13H16N4O2/c1-9-8-15-17(16-9)11-4-2-10(3-5-11)12(14)6-7-13(18)19/h2-5,8,12H,6-7,14H2,1H3,(H,18,19). The van der Waals surface area contributed by atoms with Crippen LogP contribution in [0.15, 0.2) is 30.5 Å². The fourth-order valence-corrected chi connectivity index (χ4v) is 1.76. The van der Waals surface area contributed by atoms with Gasteiger partial charge in [0, 0.05) is 12.5 Å². The number of carboxylic acid groups (broad SMARTS) is 1. The maximum atomic E-state index is 10.5. The van der Waals surface area contributed by atoms with Crippen molar-refractivity contribution in [3.63, 3.8) is 0 Å². The van der Waals surface area contributed by atoms with Crippen molar-refractivity contribution in [3.8, 4) is 5.69 Å². The molecule has 0 fully saturated rings. The number of carboxylic acids is 1. The highest BCUT2D eigenvalue weighted by atomic mass is 16.4. The Kier molecular flexibility index (Phi) is 3.91. The lowest BCUT2D eigenvalue weighted by Crippen LogP contribution is -2.12. The molecule has 0 aliphatic heterocycles. The lowest BCUT2D eigenvalue weighted by molar-refractivity contribution is -0.137. The molecule has 1 atom stereocenters. The molecule has 0 saturated heterocycles. The molecule has 1 aromatic carbocycles. The summed E-state index contributed by atoms with van der Waals surface area (Å²) in [6.07, 6.45) is 2.18. The number of carbonyl (C=O) groups is 1. The van der Waals surface area contributed by atoms with E-state index < -0.39 is 5.97 Å². The Morgan fingerprint density at radius 3 is 2.63 bits per heavy atom. The van der Waals surface area contributed by atoms with Gasteiger partial charge in [0.1, 0.15) is 0 Å². The summed E-state index contributed by atoms with van der Waals surface area (Å²) in [4.78, 5) is 12.0. The molecule has 6 nitrogen and oxygen atoms in total. The van der Waals surface area contributed by atoms with E-state index in [9.17, 15) is 4.79 Å². The van der Waals surface area contributed by atoms with Gasteiger partial charge in [-0.05, 0) is 31.0 Å². The largest absolute Gasteiger partial charge is 0.481 e. The maximum Gasteiger partial charge on any atom is 0.303 e. The Morgan fingerprint density at radius 1 is 1.42 bits per heavy atom. The number of benzene rings is 1. The molecule has 1 heterocycles. The Hall–Kier alpha value is -2.21. The fraction of sp³-hybridized carbons (Fsp3) is 0.308. The third-order valence-electron chi connectivity index (χ3n) is 2.83. The van der Waals surface area contributed by atoms with Crippen LogP contribution in [0, 0.1) is 6.92 Å². The van der Waals surface area contributed by atoms with Crippen molar-refractivity contribution >= 4 is 5.97 Å². The second-order valence-corrected chi connectivity index (χ2v) is 4.41. The van der Waals surface area contributed by atoms with Crippen molar-refractivity contribution in [3.05, 3.63) is 41.7 Å². The number of hydrogen-bond donors (Lipinski definition) is 2. The molecule has 0 saturated carbocycles. The molecule has 2 aromatic rings. The average molecular weight is 260 g/mol. The first-order valence-electron chi connectivity index (χ1n) is 6.03. The summed E-state index contributed by atoms with van der Waals surface area (Å²) in [7, 11) is 0. The highest BCUT2D eigenvalue weighted by Gasteiger charge is 2.09. The van der Waals surface area contributed by atoms with E-state index in [1.165, 1.54) is 0 Å². The zero-order chi connectivity index (χ0) is 13.8. The van der Waals surface area contributed by atoms with Crippen molar-refractivity contribution in [2.75, 3.05) is 0 Å². The minimum Gasteiger partial charge on any atom is -0.481 e. The molecule has 19 heavy (non-hydrogen) atoms. The Labute approximate surface area is 110 Å². The summed E-state index contributed by atoms with van der Waals surface area (Å²) >= 11 is 0. The first-order valence-corrected chi connectivity index (χ1v) is 6.03. The van der Waals surface area contributed by atoms with Crippen LogP contribution in [0.5, 0.6) is 0 Å². The van der Waals surface area contributed by atoms with Gasteiger partial charge in [-0.2, -0.15) is 15.0 Å². The van der Waals surface area contributed by atoms with Gasteiger partial charge in [0.2, 0.25) is 0 Å². The fourth-order valence-electron chi connectivity index (χ4n) is 1.76. The van der Waals surface area contributed by atoms with Crippen LogP contribution >= 0.6 is 0 Å². The summed E-state index contributed by atoms with van der Waals surface area (Å²) in [6, 6.07) is 7.23. The third kappa shape index (κ3) is 3.38. The van der Waals surface area contributed by atoms with E-state index in [4.69, 9.17) is 10.8 Å². The van der Waals surface area contributed by atoms with E-state index in [2.05, 4.69) is 10.2 Å². The Morgan fingerprint density at radius 2 is 2.11 bits per heavy atom. The number of aromatic nitrogens is 3. The van der Waals surface area contributed by atoms with Crippen LogP contribution in [-0.2, 0) is 4.79 Å². The number of nitrogens with zero attached hydrogens (tertiary/aromatic N) is 3. The van der Waals surface area contributed by atoms with E-state index in [1.807, 2.05) is 31.2 Å². The molecule has 0 aliphatic carbocycles. The predicted molar refractivity (Wildman–Crippen MR) is 69.9 cm³/mol. The Balaban J connectivity index is 2.07. The van der Waals surface area contributed by atoms with Crippen LogP contribution in [0.4, 0.5) is 0 Å². The zero-order valence-corrected chi connectivity index (χ0v) is 10.7. The lowest BCUT2D eigenvalue weighted by atomic mass is 10.0. The lowest BCUT2D eigenvalue weighted by Gasteiger charge is -2.11. The molecule has 0 bridgehead atoms. The topological polar surface area (TPSA) is 94.0 Å². The van der Waals surface area contributed by atoms with Crippen LogP contribution in [0.3, 0.4) is 0 Å². The summed E-state index contributed by atoms with van der Waals surface area (Å²) in [5, 5.41) is 17.0. The van der Waals surface area contributed by atoms with E-state index in [-0.39, 0.29) is 12.5 Å². The first kappa shape index (κ1) is 13.2. The van der Waals surface area contributed by atoms with Gasteiger partial charge in [0.25, 0.3) is 0 Å². The second-order valence-electron chi connectivity index (χ2n) is 4.41. The van der Waals surface area contributed by atoms with Gasteiger partial charge < -0.3 is 10.8 Å². The molecule has 0 aliphatic rings. The first-order chi connectivity index (χ1) is 9.06. The maximum absolute atomic E-state index is 10.5. The molecule has 1 aromatic heterocycles. The van der Waals surface area contributed by atoms with Gasteiger partial charge >= 0.3 is 5.97 Å². The molecule has 100 valence electrons. The molecule has 0 amide bonds. The molecule has 0 radical (unpaired) electrons. The summed E-state index contributed by atoms with van der Waals surface area (Å²) < 4.78 is 0. The minimum atomic E-state index is -0.830. The molecular weight excluding hydrogens is 244 g/mol. The molecular formula is C13H16N4O2. The van der Waals surface area contributed by atoms with Gasteiger partial charge in [-0.1, -0.05) is 12.1 Å². The molecule has 1 unspecified atom stereocenters. The van der Waals surface area contributed by atoms with E-state index in [0.717, 1.165) is 16.9 Å². The van der Waals surface area contributed by atoms with Crippen molar-refractivity contribution in [2.45, 2.75) is 25.8 Å². The summed E-state index contributed by atoms with van der Waals surface area (Å²) in [6.45, 7) is 1.87. The zero-order valence-electron chi connectivity index (χ0n) is 10.7. The van der Waals surface area contributed by atoms with E-state index in [0.29, 0.717) is 6.42 Å². The highest BCUT2D eigenvalue weighted by Crippen LogP contribution is 2.17. The summed E-state index contributed by atoms with van der Waals surface area (Å²) in [5.74, 6) is -0.830. The molecule has 6 heteroatoms. The van der Waals surface area contributed by atoms with Gasteiger partial charge in [-0.25, -0.2) is 0 Å². The van der Waals surface area contributed by atoms with Crippen molar-refractivity contribution < 1.29 is 9.90 Å². The SMILES string of the molecule is Cc1cnn(-c2ccc(C(N)CCC(=O)O)cc2)n1. The average Bonchev–Trinajstić information content (AvgIpc) is 2.83. The number of rotatable bonds is 5. The number of aliphatic carboxylic acids is 1. The van der Waals surface area contributed by atoms with Gasteiger partial charge in [0.05, 0.1) is 17.6 Å². The van der Waals surface area contributed by atoms with Crippen LogP contribution in [0.25, 0.3) is 5.69 Å². The van der Waals surface area contributed by atoms with Gasteiger partial charge in [-0.15, -0.1) is 0 Å². The van der Waals surface area contributed by atoms with Crippen LogP contribution < -0.4 is 5.73 Å². The molecule has 3 N–H and O–H groups in total. The number of hydrogen-bond acceptors (Lipinski definition) is 4. The van der Waals surface area contributed by atoms with Gasteiger partial charge in [-0.3, -0.25) is 4.79 Å². The smallest absolute Gasteiger partial charge is 0.303 e. The van der Waals surface area contributed by atoms with Crippen LogP contribution in [0.2, 0.25) is 0 Å². The normalized spacial score (nSPS) is 12.3. The van der Waals surface area contributed by atoms with Crippen LogP contribution in [0.1, 0.15) is 30.1 Å². The molecule has 2 rings (SSSR count). The number of nitrogens with two attached hydrogens (primary N) is 1. The van der Waals surface area contributed by atoms with E-state index in [1.54, 1.807) is 11.0 Å². The van der Waals surface area contributed by atoms with Crippen molar-refractivity contribution in [2.24, 2.45) is 5.73 Å². The second kappa shape index (κ2) is 5.62. The quantitative estimate of drug-likeness (QED) is 0.848. The van der Waals surface area contributed by atoms with E-state index >= 15 is 0 Å². The van der Waals surface area contributed by atoms with Crippen LogP contribution in [-0.4, -0.2) is 26.1 Å². The predicted octanol–water partition coefficient (Wildman–Crippen LogP) is 1.44. The Bertz CT molecular complexity index is 562. The van der Waals surface area contributed by atoms with Crippen molar-refractivity contribution in [1.29, 1.82) is 0 Å². The summed E-state index contributed by atoms with van der Waals surface area (Å²) in [5.41, 5.74) is 8.54. The third-order valence-corrected chi connectivity index (χ3v) is 2.83. The number of aryl methyl sites for hydroxylation is 1.